The van der Waals surface area contributed by atoms with Crippen LogP contribution in [-0.4, -0.2) is 46.9 Å². The molecule has 6 heteroatoms. The number of nitrogens with one attached hydrogen (secondary N) is 1. The number of ether oxygens (including phenoxy) is 1. The molecule has 3 unspecified atom stereocenters. The summed E-state index contributed by atoms with van der Waals surface area (Å²) in [7, 11) is 0. The maximum Gasteiger partial charge on any atom is 0.306 e. The van der Waals surface area contributed by atoms with Crippen LogP contribution in [0.2, 0.25) is 0 Å². The van der Waals surface area contributed by atoms with E-state index in [1.54, 1.807) is 0 Å². The molecule has 0 aliphatic carbocycles. The quantitative estimate of drug-likeness (QED) is 0.0249. The van der Waals surface area contributed by atoms with Crippen molar-refractivity contribution in [1.29, 1.82) is 0 Å². The first-order valence-corrected chi connectivity index (χ1v) is 23.3. The molecule has 0 fully saturated rings. The fourth-order valence-electron chi connectivity index (χ4n) is 6.20. The van der Waals surface area contributed by atoms with Crippen LogP contribution in [0, 0.1) is 0 Å². The number of carbonyl (C=O) groups is 2. The van der Waals surface area contributed by atoms with Gasteiger partial charge >= 0.3 is 5.97 Å². The number of amides is 1. The van der Waals surface area contributed by atoms with Crippen LogP contribution in [-0.2, 0) is 14.3 Å². The van der Waals surface area contributed by atoms with E-state index in [0.717, 1.165) is 57.8 Å². The standard InChI is InChI=1S/C53H85NO5/c1-4-7-10-13-16-19-22-24-25-26-28-31-34-37-40-43-46-53(58)59-49(44-41-38-35-32-29-21-18-15-12-9-6-3)47-52(57)54-50(48-55)51(56)45-42-39-36-33-30-27-23-20-17-14-11-8-5-2/h7,9-10,12,15-16,18-19,21,24-25,28-29,31-32,35,37-38,40-41,49-51,55-56H,4-6,8,11,13-14,17,20,22-23,26-27,30,33-34,36,39,42-48H2,1-3H3,(H,54,57)/b10-7+,12-9+,18-15+,19-16+,25-24+,29-21-,31-28+,35-32-,40-37+,41-38+. The van der Waals surface area contributed by atoms with Gasteiger partial charge in [0.2, 0.25) is 5.91 Å². The Balaban J connectivity index is 4.83. The summed E-state index contributed by atoms with van der Waals surface area (Å²) in [5.74, 6) is -0.722. The molecule has 0 heterocycles. The lowest BCUT2D eigenvalue weighted by Crippen LogP contribution is -2.46. The Labute approximate surface area is 361 Å². The van der Waals surface area contributed by atoms with Crippen molar-refractivity contribution in [2.45, 2.75) is 193 Å². The Hall–Kier alpha value is -3.74. The highest BCUT2D eigenvalue weighted by molar-refractivity contribution is 5.77. The van der Waals surface area contributed by atoms with Crippen LogP contribution in [0.5, 0.6) is 0 Å². The molecule has 0 rings (SSSR count). The summed E-state index contributed by atoms with van der Waals surface area (Å²) < 4.78 is 5.77. The Kier molecular flexibility index (Phi) is 42.5. The molecule has 0 saturated heterocycles. The van der Waals surface area contributed by atoms with Crippen molar-refractivity contribution < 1.29 is 24.5 Å². The monoisotopic (exact) mass is 816 g/mol. The molecule has 0 aromatic rings. The minimum absolute atomic E-state index is 0.0562. The van der Waals surface area contributed by atoms with Crippen molar-refractivity contribution in [2.24, 2.45) is 0 Å². The molecule has 0 spiro atoms. The van der Waals surface area contributed by atoms with Gasteiger partial charge in [0.25, 0.3) is 0 Å². The highest BCUT2D eigenvalue weighted by Crippen LogP contribution is 2.15. The number of carbonyl (C=O) groups excluding carboxylic acids is 2. The zero-order valence-corrected chi connectivity index (χ0v) is 37.6. The first kappa shape index (κ1) is 55.3. The molecule has 0 saturated carbocycles. The van der Waals surface area contributed by atoms with Gasteiger partial charge in [-0.3, -0.25) is 9.59 Å². The summed E-state index contributed by atoms with van der Waals surface area (Å²) >= 11 is 0. The molecule has 0 aromatic carbocycles. The molecule has 59 heavy (non-hydrogen) atoms. The second-order valence-electron chi connectivity index (χ2n) is 15.2. The summed E-state index contributed by atoms with van der Waals surface area (Å²) in [6.45, 7) is 6.14. The second-order valence-corrected chi connectivity index (χ2v) is 15.2. The largest absolute Gasteiger partial charge is 0.461 e. The molecule has 3 atom stereocenters. The van der Waals surface area contributed by atoms with E-state index in [2.05, 4.69) is 80.8 Å². The third-order valence-corrected chi connectivity index (χ3v) is 9.68. The summed E-state index contributed by atoms with van der Waals surface area (Å²) in [5, 5.41) is 23.6. The van der Waals surface area contributed by atoms with E-state index in [-0.39, 0.29) is 31.3 Å². The normalized spacial score (nSPS) is 14.5. The summed E-state index contributed by atoms with van der Waals surface area (Å²) in [6, 6.07) is -0.761. The van der Waals surface area contributed by atoms with Crippen LogP contribution >= 0.6 is 0 Å². The maximum absolute atomic E-state index is 13.1. The fraction of sp³-hybridized carbons (Fsp3) is 0.585. The highest BCUT2D eigenvalue weighted by atomic mass is 16.5. The predicted octanol–water partition coefficient (Wildman–Crippen LogP) is 13.7. The van der Waals surface area contributed by atoms with E-state index in [1.165, 1.54) is 64.2 Å². The third-order valence-electron chi connectivity index (χ3n) is 9.68. The van der Waals surface area contributed by atoms with Gasteiger partial charge in [-0.2, -0.15) is 0 Å². The number of aliphatic hydroxyl groups is 2. The van der Waals surface area contributed by atoms with E-state index in [1.807, 2.05) is 66.8 Å². The molecule has 6 nitrogen and oxygen atoms in total. The highest BCUT2D eigenvalue weighted by Gasteiger charge is 2.23. The maximum atomic E-state index is 13.1. The van der Waals surface area contributed by atoms with Gasteiger partial charge in [0, 0.05) is 12.8 Å². The molecular weight excluding hydrogens is 731 g/mol. The molecular formula is C53H85NO5. The lowest BCUT2D eigenvalue weighted by Gasteiger charge is -2.24. The van der Waals surface area contributed by atoms with Crippen molar-refractivity contribution in [3.05, 3.63) is 122 Å². The third kappa shape index (κ3) is 40.8. The van der Waals surface area contributed by atoms with Crippen LogP contribution < -0.4 is 5.32 Å². The number of rotatable bonds is 39. The van der Waals surface area contributed by atoms with Gasteiger partial charge in [-0.05, 0) is 51.4 Å². The molecule has 0 aliphatic rings. The van der Waals surface area contributed by atoms with Gasteiger partial charge in [-0.1, -0.05) is 226 Å². The summed E-state index contributed by atoms with van der Waals surface area (Å²) in [5.41, 5.74) is 0. The topological polar surface area (TPSA) is 95.9 Å². The smallest absolute Gasteiger partial charge is 0.306 e. The van der Waals surface area contributed by atoms with Crippen LogP contribution in [0.15, 0.2) is 122 Å². The SMILES string of the molecule is CC/C=C/C=C/C=C\C=C/C=C/CC(CC(=O)NC(CO)C(O)CCCCCCCCCCCCCCC)OC(=O)CC/C=C/C/C=C/C/C=C/C/C=C/C/C=C/CC. The Morgan fingerprint density at radius 3 is 1.47 bits per heavy atom. The molecule has 0 aliphatic heterocycles. The van der Waals surface area contributed by atoms with Crippen LogP contribution in [0.3, 0.4) is 0 Å². The number of allylic oxidation sites excluding steroid dienone is 19. The zero-order valence-electron chi connectivity index (χ0n) is 37.6. The minimum atomic E-state index is -0.836. The number of hydrogen-bond acceptors (Lipinski definition) is 5. The summed E-state index contributed by atoms with van der Waals surface area (Å²) in [4.78, 5) is 25.9. The number of unbranched alkanes of at least 4 members (excludes halogenated alkanes) is 12. The fourth-order valence-corrected chi connectivity index (χ4v) is 6.20. The average molecular weight is 816 g/mol. The first-order valence-electron chi connectivity index (χ1n) is 23.3. The van der Waals surface area contributed by atoms with Crippen LogP contribution in [0.4, 0.5) is 0 Å². The van der Waals surface area contributed by atoms with Crippen LogP contribution in [0.1, 0.15) is 175 Å². The predicted molar refractivity (Wildman–Crippen MR) is 254 cm³/mol. The van der Waals surface area contributed by atoms with E-state index in [4.69, 9.17) is 4.74 Å². The lowest BCUT2D eigenvalue weighted by atomic mass is 10.0. The molecule has 0 aromatic heterocycles. The number of hydrogen-bond donors (Lipinski definition) is 3. The molecule has 332 valence electrons. The molecule has 3 N–H and O–H groups in total. The van der Waals surface area contributed by atoms with Gasteiger partial charge < -0.3 is 20.3 Å². The van der Waals surface area contributed by atoms with E-state index in [9.17, 15) is 19.8 Å². The van der Waals surface area contributed by atoms with Gasteiger partial charge in [-0.15, -0.1) is 0 Å². The number of aliphatic hydroxyl groups excluding tert-OH is 2. The summed E-state index contributed by atoms with van der Waals surface area (Å²) in [6.07, 6.45) is 62.9. The van der Waals surface area contributed by atoms with Crippen molar-refractivity contribution in [3.63, 3.8) is 0 Å². The van der Waals surface area contributed by atoms with Crippen molar-refractivity contribution in [3.8, 4) is 0 Å². The molecule has 0 bridgehead atoms. The number of esters is 1. The minimum Gasteiger partial charge on any atom is -0.461 e. The van der Waals surface area contributed by atoms with Gasteiger partial charge in [0.1, 0.15) is 6.10 Å². The van der Waals surface area contributed by atoms with E-state index < -0.39 is 18.2 Å². The average Bonchev–Trinajstić information content (AvgIpc) is 3.23. The van der Waals surface area contributed by atoms with Crippen molar-refractivity contribution in [2.75, 3.05) is 6.61 Å². The van der Waals surface area contributed by atoms with E-state index in [0.29, 0.717) is 19.3 Å². The van der Waals surface area contributed by atoms with Crippen molar-refractivity contribution in [1.82, 2.24) is 5.32 Å². The zero-order chi connectivity index (χ0) is 43.1. The first-order chi connectivity index (χ1) is 29.0. The Morgan fingerprint density at radius 2 is 0.983 bits per heavy atom. The van der Waals surface area contributed by atoms with Crippen molar-refractivity contribution >= 4 is 11.9 Å². The van der Waals surface area contributed by atoms with Gasteiger partial charge in [0.15, 0.2) is 0 Å². The Morgan fingerprint density at radius 1 is 0.542 bits per heavy atom. The molecule has 1 amide bonds. The van der Waals surface area contributed by atoms with Crippen LogP contribution in [0.25, 0.3) is 0 Å². The molecule has 0 radical (unpaired) electrons. The lowest BCUT2D eigenvalue weighted by molar-refractivity contribution is -0.150. The van der Waals surface area contributed by atoms with E-state index >= 15 is 0 Å². The van der Waals surface area contributed by atoms with Gasteiger partial charge in [-0.25, -0.2) is 0 Å². The van der Waals surface area contributed by atoms with Gasteiger partial charge in [0.05, 0.1) is 25.2 Å². The Bertz CT molecular complexity index is 1280. The second kappa shape index (κ2) is 45.3.